The molecule has 2 aromatic heterocycles. The van der Waals surface area contributed by atoms with Gasteiger partial charge in [0.05, 0.1) is 11.7 Å². The third-order valence-electron chi connectivity index (χ3n) is 4.11. The van der Waals surface area contributed by atoms with Gasteiger partial charge in [0.25, 0.3) is 0 Å². The van der Waals surface area contributed by atoms with Gasteiger partial charge in [-0.1, -0.05) is 0 Å². The summed E-state index contributed by atoms with van der Waals surface area (Å²) in [5, 5.41) is 9.47. The van der Waals surface area contributed by atoms with Gasteiger partial charge in [-0.05, 0) is 38.8 Å². The van der Waals surface area contributed by atoms with E-state index in [4.69, 9.17) is 0 Å². The molecule has 19 heavy (non-hydrogen) atoms. The van der Waals surface area contributed by atoms with Crippen molar-refractivity contribution in [1.29, 1.82) is 0 Å². The molecule has 4 heteroatoms. The average molecular weight is 259 g/mol. The number of nitrogens with zero attached hydrogens (tertiary/aromatic N) is 3. The van der Waals surface area contributed by atoms with Crippen LogP contribution in [-0.4, -0.2) is 38.5 Å². The van der Waals surface area contributed by atoms with Gasteiger partial charge in [0, 0.05) is 31.3 Å². The fourth-order valence-electron chi connectivity index (χ4n) is 2.95. The summed E-state index contributed by atoms with van der Waals surface area (Å²) in [5.74, 6) is 2.10. The van der Waals surface area contributed by atoms with Gasteiger partial charge in [0.1, 0.15) is 11.6 Å². The third kappa shape index (κ3) is 2.45. The van der Waals surface area contributed by atoms with E-state index in [1.165, 1.54) is 19.5 Å². The highest BCUT2D eigenvalue weighted by atomic mass is 16.3. The van der Waals surface area contributed by atoms with Crippen LogP contribution in [-0.2, 0) is 6.42 Å². The molecule has 3 rings (SSSR count). The van der Waals surface area contributed by atoms with Gasteiger partial charge < -0.3 is 14.4 Å². The van der Waals surface area contributed by atoms with Crippen LogP contribution in [0, 0.1) is 5.92 Å². The number of hydrogen-bond acceptors (Lipinski definition) is 3. The first-order valence-corrected chi connectivity index (χ1v) is 7.02. The molecule has 4 nitrogen and oxygen atoms in total. The summed E-state index contributed by atoms with van der Waals surface area (Å²) in [7, 11) is 0. The molecule has 0 bridgehead atoms. The van der Waals surface area contributed by atoms with E-state index in [-0.39, 0.29) is 0 Å². The third-order valence-corrected chi connectivity index (χ3v) is 4.11. The van der Waals surface area contributed by atoms with Crippen molar-refractivity contribution < 1.29 is 5.11 Å². The Morgan fingerprint density at radius 2 is 2.32 bits per heavy atom. The van der Waals surface area contributed by atoms with Crippen molar-refractivity contribution in [3.8, 4) is 5.75 Å². The predicted octanol–water partition coefficient (Wildman–Crippen LogP) is 2.31. The quantitative estimate of drug-likeness (QED) is 0.919. The molecular formula is C15H21N3O. The molecule has 1 atom stereocenters. The Morgan fingerprint density at radius 3 is 3.05 bits per heavy atom. The molecule has 0 saturated carbocycles. The summed E-state index contributed by atoms with van der Waals surface area (Å²) < 4.78 is 2.08. The van der Waals surface area contributed by atoms with Crippen LogP contribution in [0.3, 0.4) is 0 Å². The van der Waals surface area contributed by atoms with Crippen LogP contribution in [0.5, 0.6) is 5.75 Å². The number of hydrogen-bond donors (Lipinski definition) is 1. The molecule has 0 aromatic carbocycles. The van der Waals surface area contributed by atoms with Crippen molar-refractivity contribution >= 4 is 5.52 Å². The number of likely N-dealkylation sites (tertiary alicyclic amines) is 1. The normalized spacial score (nSPS) is 20.7. The monoisotopic (exact) mass is 259 g/mol. The highest BCUT2D eigenvalue weighted by Gasteiger charge is 2.25. The first-order valence-electron chi connectivity index (χ1n) is 7.02. The minimum atomic E-state index is 0.297. The molecule has 1 fully saturated rings. The molecule has 0 radical (unpaired) electrons. The Bertz CT molecular complexity index is 576. The number of aromatic nitrogens is 2. The summed E-state index contributed by atoms with van der Waals surface area (Å²) >= 11 is 0. The van der Waals surface area contributed by atoms with Gasteiger partial charge in [-0.2, -0.15) is 0 Å². The molecule has 1 aliphatic rings. The smallest absolute Gasteiger partial charge is 0.119 e. The van der Waals surface area contributed by atoms with Crippen molar-refractivity contribution in [2.24, 2.45) is 5.92 Å². The number of fused-ring (bicyclic) bond motifs is 1. The van der Waals surface area contributed by atoms with Gasteiger partial charge in [-0.15, -0.1) is 0 Å². The fourth-order valence-corrected chi connectivity index (χ4v) is 2.95. The molecule has 2 aromatic rings. The molecule has 1 N–H and O–H groups in total. The van der Waals surface area contributed by atoms with Crippen LogP contribution in [0.1, 0.15) is 26.1 Å². The zero-order valence-electron chi connectivity index (χ0n) is 11.6. The molecule has 0 amide bonds. The van der Waals surface area contributed by atoms with E-state index < -0.39 is 0 Å². The molecule has 0 aliphatic carbocycles. The van der Waals surface area contributed by atoms with E-state index in [0.29, 0.717) is 17.7 Å². The van der Waals surface area contributed by atoms with E-state index in [1.54, 1.807) is 12.1 Å². The molecule has 0 spiro atoms. The predicted molar refractivity (Wildman–Crippen MR) is 75.4 cm³/mol. The van der Waals surface area contributed by atoms with E-state index in [2.05, 4.69) is 28.1 Å². The summed E-state index contributed by atoms with van der Waals surface area (Å²) in [5.41, 5.74) is 0.966. The van der Waals surface area contributed by atoms with E-state index in [0.717, 1.165) is 17.8 Å². The number of imidazole rings is 1. The zero-order chi connectivity index (χ0) is 13.4. The number of pyridine rings is 1. The van der Waals surface area contributed by atoms with E-state index >= 15 is 0 Å². The Hall–Kier alpha value is -1.55. The van der Waals surface area contributed by atoms with Crippen molar-refractivity contribution in [1.82, 2.24) is 14.3 Å². The SMILES string of the molecule is CC(C)N1CCC(Cc2ncc3cc(O)ccn23)C1. The zero-order valence-corrected chi connectivity index (χ0v) is 11.6. The second kappa shape index (κ2) is 4.85. The highest BCUT2D eigenvalue weighted by molar-refractivity contribution is 5.50. The second-order valence-electron chi connectivity index (χ2n) is 5.80. The first kappa shape index (κ1) is 12.5. The van der Waals surface area contributed by atoms with Gasteiger partial charge in [-0.25, -0.2) is 4.98 Å². The van der Waals surface area contributed by atoms with Crippen LogP contribution in [0.15, 0.2) is 24.5 Å². The average Bonchev–Trinajstić information content (AvgIpc) is 2.97. The lowest BCUT2D eigenvalue weighted by molar-refractivity contribution is 0.264. The molecular weight excluding hydrogens is 238 g/mol. The molecule has 1 unspecified atom stereocenters. The largest absolute Gasteiger partial charge is 0.508 e. The lowest BCUT2D eigenvalue weighted by Gasteiger charge is -2.20. The van der Waals surface area contributed by atoms with Crippen molar-refractivity contribution in [3.05, 3.63) is 30.4 Å². The van der Waals surface area contributed by atoms with E-state index in [1.807, 2.05) is 12.4 Å². The number of aromatic hydroxyl groups is 1. The molecule has 3 heterocycles. The Labute approximate surface area is 113 Å². The van der Waals surface area contributed by atoms with Crippen LogP contribution in [0.4, 0.5) is 0 Å². The summed E-state index contributed by atoms with van der Waals surface area (Å²) in [6, 6.07) is 4.11. The lowest BCUT2D eigenvalue weighted by atomic mass is 10.0. The van der Waals surface area contributed by atoms with Crippen LogP contribution in [0.25, 0.3) is 5.52 Å². The van der Waals surface area contributed by atoms with Crippen molar-refractivity contribution in [2.75, 3.05) is 13.1 Å². The molecule has 102 valence electrons. The van der Waals surface area contributed by atoms with Gasteiger partial charge in [0.2, 0.25) is 0 Å². The molecule has 1 saturated heterocycles. The van der Waals surface area contributed by atoms with Crippen LogP contribution in [0.2, 0.25) is 0 Å². The minimum absolute atomic E-state index is 0.297. The second-order valence-corrected chi connectivity index (χ2v) is 5.80. The molecule has 1 aliphatic heterocycles. The lowest BCUT2D eigenvalue weighted by Crippen LogP contribution is -2.28. The minimum Gasteiger partial charge on any atom is -0.508 e. The maximum absolute atomic E-state index is 9.47. The van der Waals surface area contributed by atoms with E-state index in [9.17, 15) is 5.11 Å². The topological polar surface area (TPSA) is 40.8 Å². The summed E-state index contributed by atoms with van der Waals surface area (Å²) in [6.07, 6.45) is 6.01. The van der Waals surface area contributed by atoms with Crippen LogP contribution < -0.4 is 0 Å². The van der Waals surface area contributed by atoms with Gasteiger partial charge >= 0.3 is 0 Å². The fraction of sp³-hybridized carbons (Fsp3) is 0.533. The highest BCUT2D eigenvalue weighted by Crippen LogP contribution is 2.23. The maximum atomic E-state index is 9.47. The Balaban J connectivity index is 1.76. The Morgan fingerprint density at radius 1 is 1.47 bits per heavy atom. The summed E-state index contributed by atoms with van der Waals surface area (Å²) in [6.45, 7) is 6.89. The number of rotatable bonds is 3. The maximum Gasteiger partial charge on any atom is 0.119 e. The van der Waals surface area contributed by atoms with Crippen molar-refractivity contribution in [3.63, 3.8) is 0 Å². The van der Waals surface area contributed by atoms with Crippen molar-refractivity contribution in [2.45, 2.75) is 32.7 Å². The van der Waals surface area contributed by atoms with Gasteiger partial charge in [-0.3, -0.25) is 0 Å². The summed E-state index contributed by atoms with van der Waals surface area (Å²) in [4.78, 5) is 7.04. The first-order chi connectivity index (χ1) is 9.13. The van der Waals surface area contributed by atoms with Gasteiger partial charge in [0.15, 0.2) is 0 Å². The standard InChI is InChI=1S/C15H21N3O/c1-11(2)17-5-3-12(10-17)7-15-16-9-13-8-14(19)4-6-18(13)15/h4,6,8-9,11-12,19H,3,5,7,10H2,1-2H3. The Kier molecular flexibility index (Phi) is 3.19. The van der Waals surface area contributed by atoms with Crippen LogP contribution >= 0.6 is 0 Å².